The van der Waals surface area contributed by atoms with Crippen LogP contribution in [0.3, 0.4) is 0 Å². The number of rotatable bonds is 2. The van der Waals surface area contributed by atoms with Crippen molar-refractivity contribution in [2.45, 2.75) is 25.2 Å². The third-order valence-corrected chi connectivity index (χ3v) is 2.66. The summed E-state index contributed by atoms with van der Waals surface area (Å²) in [5.41, 5.74) is 5.20. The van der Waals surface area contributed by atoms with E-state index in [4.69, 9.17) is 5.73 Å². The highest BCUT2D eigenvalue weighted by Gasteiger charge is 2.29. The highest BCUT2D eigenvalue weighted by atomic mass is 16.3. The monoisotopic (exact) mass is 241 g/mol. The fraction of sp³-hybridized carbons (Fsp3) is 0.556. The van der Waals surface area contributed by atoms with Crippen molar-refractivity contribution in [2.75, 3.05) is 22.9 Å². The third kappa shape index (κ3) is 2.17. The Labute approximate surface area is 96.9 Å². The van der Waals surface area contributed by atoms with Crippen LogP contribution in [-0.4, -0.2) is 45.0 Å². The molecule has 0 saturated heterocycles. The first kappa shape index (κ1) is 11.7. The van der Waals surface area contributed by atoms with E-state index < -0.39 is 23.8 Å². The molecule has 0 bridgehead atoms. The van der Waals surface area contributed by atoms with Crippen molar-refractivity contribution in [1.82, 2.24) is 9.97 Å². The molecular weight excluding hydrogens is 226 g/mol. The van der Waals surface area contributed by atoms with Crippen LogP contribution in [0, 0.1) is 0 Å². The lowest BCUT2D eigenvalue weighted by molar-refractivity contribution is 0.0214. The standard InChI is InChI=1S/C9H15N5O3/c1-3(15)6(16)4-2-11-7-5(12-4)8(17)14-9(10)13-7/h3-4,6,12,15-16H,2H2,1H3,(H4,10,11,13,14,17)/t3-,4?,6-/m0/s1. The highest BCUT2D eigenvalue weighted by Crippen LogP contribution is 2.21. The average Bonchev–Trinajstić information content (AvgIpc) is 2.27. The molecule has 8 nitrogen and oxygen atoms in total. The third-order valence-electron chi connectivity index (χ3n) is 2.66. The highest BCUT2D eigenvalue weighted by molar-refractivity contribution is 5.67. The van der Waals surface area contributed by atoms with Crippen LogP contribution in [0.15, 0.2) is 4.79 Å². The summed E-state index contributed by atoms with van der Waals surface area (Å²) in [5.74, 6) is 0.373. The molecule has 1 aromatic heterocycles. The van der Waals surface area contributed by atoms with Crippen LogP contribution in [0.25, 0.3) is 0 Å². The van der Waals surface area contributed by atoms with Gasteiger partial charge in [-0.25, -0.2) is 0 Å². The molecule has 17 heavy (non-hydrogen) atoms. The van der Waals surface area contributed by atoms with Gasteiger partial charge in [0, 0.05) is 6.54 Å². The maximum Gasteiger partial charge on any atom is 0.277 e. The lowest BCUT2D eigenvalue weighted by atomic mass is 10.0. The Hall–Kier alpha value is -1.80. The normalized spacial score (nSPS) is 21.9. The van der Waals surface area contributed by atoms with Gasteiger partial charge in [0.1, 0.15) is 11.8 Å². The number of H-pyrrole nitrogens is 1. The zero-order valence-electron chi connectivity index (χ0n) is 9.27. The number of hydrogen-bond acceptors (Lipinski definition) is 7. The zero-order valence-corrected chi connectivity index (χ0v) is 9.27. The summed E-state index contributed by atoms with van der Waals surface area (Å²) in [5, 5.41) is 24.7. The lowest BCUT2D eigenvalue weighted by Crippen LogP contribution is -2.48. The molecule has 1 aromatic rings. The van der Waals surface area contributed by atoms with Crippen molar-refractivity contribution < 1.29 is 10.2 Å². The summed E-state index contributed by atoms with van der Waals surface area (Å²) >= 11 is 0. The molecular formula is C9H15N5O3. The minimum Gasteiger partial charge on any atom is -0.391 e. The number of nitrogens with one attached hydrogen (secondary N) is 3. The molecule has 2 heterocycles. The van der Waals surface area contributed by atoms with Crippen LogP contribution in [0.5, 0.6) is 0 Å². The number of nitrogens with zero attached hydrogens (tertiary/aromatic N) is 1. The Morgan fingerprint density at radius 3 is 2.88 bits per heavy atom. The Kier molecular flexibility index (Phi) is 2.90. The molecule has 7 N–H and O–H groups in total. The first-order valence-electron chi connectivity index (χ1n) is 5.25. The van der Waals surface area contributed by atoms with Crippen molar-refractivity contribution >= 4 is 17.5 Å². The largest absolute Gasteiger partial charge is 0.391 e. The molecule has 0 fully saturated rings. The topological polar surface area (TPSA) is 136 Å². The number of aliphatic hydroxyl groups is 2. The first-order chi connectivity index (χ1) is 7.99. The van der Waals surface area contributed by atoms with Gasteiger partial charge >= 0.3 is 0 Å². The molecule has 3 atom stereocenters. The summed E-state index contributed by atoms with van der Waals surface area (Å²) in [7, 11) is 0. The smallest absolute Gasteiger partial charge is 0.277 e. The van der Waals surface area contributed by atoms with Gasteiger partial charge in [0.25, 0.3) is 5.56 Å². The molecule has 2 rings (SSSR count). The van der Waals surface area contributed by atoms with Gasteiger partial charge in [-0.3, -0.25) is 9.78 Å². The van der Waals surface area contributed by atoms with Gasteiger partial charge < -0.3 is 26.6 Å². The van der Waals surface area contributed by atoms with Gasteiger partial charge in [-0.1, -0.05) is 0 Å². The number of hydrogen-bond donors (Lipinski definition) is 6. The average molecular weight is 241 g/mol. The summed E-state index contributed by atoms with van der Waals surface area (Å²) < 4.78 is 0. The molecule has 8 heteroatoms. The van der Waals surface area contributed by atoms with Crippen LogP contribution in [0.4, 0.5) is 17.5 Å². The quantitative estimate of drug-likeness (QED) is 0.363. The predicted octanol–water partition coefficient (Wildman–Crippen LogP) is -1.70. The summed E-state index contributed by atoms with van der Waals surface area (Å²) in [6, 6.07) is -0.464. The van der Waals surface area contributed by atoms with Gasteiger partial charge in [-0.05, 0) is 6.92 Å². The predicted molar refractivity (Wildman–Crippen MR) is 62.9 cm³/mol. The van der Waals surface area contributed by atoms with Crippen molar-refractivity contribution in [3.05, 3.63) is 10.4 Å². The molecule has 1 aliphatic heterocycles. The van der Waals surface area contributed by atoms with Crippen molar-refractivity contribution in [1.29, 1.82) is 0 Å². The number of nitrogen functional groups attached to an aromatic ring is 1. The number of aliphatic hydroxyl groups excluding tert-OH is 2. The van der Waals surface area contributed by atoms with Gasteiger partial charge in [0.05, 0.1) is 12.1 Å². The van der Waals surface area contributed by atoms with E-state index >= 15 is 0 Å². The summed E-state index contributed by atoms with van der Waals surface area (Å²) in [6.45, 7) is 1.82. The molecule has 0 amide bonds. The Morgan fingerprint density at radius 2 is 2.24 bits per heavy atom. The van der Waals surface area contributed by atoms with E-state index in [-0.39, 0.29) is 11.6 Å². The van der Waals surface area contributed by atoms with Crippen molar-refractivity contribution in [3.63, 3.8) is 0 Å². The van der Waals surface area contributed by atoms with E-state index in [9.17, 15) is 15.0 Å². The zero-order chi connectivity index (χ0) is 12.6. The van der Waals surface area contributed by atoms with E-state index in [1.54, 1.807) is 0 Å². The van der Waals surface area contributed by atoms with Crippen LogP contribution in [-0.2, 0) is 0 Å². The number of nitrogens with two attached hydrogens (primary N) is 1. The lowest BCUT2D eigenvalue weighted by Gasteiger charge is -2.31. The maximum atomic E-state index is 11.6. The second kappa shape index (κ2) is 4.22. The molecule has 94 valence electrons. The second-order valence-electron chi connectivity index (χ2n) is 4.04. The van der Waals surface area contributed by atoms with Gasteiger partial charge in [0.2, 0.25) is 5.95 Å². The van der Waals surface area contributed by atoms with Gasteiger partial charge in [0.15, 0.2) is 5.82 Å². The van der Waals surface area contributed by atoms with E-state index in [0.29, 0.717) is 12.4 Å². The SMILES string of the molecule is C[C@H](O)[C@H](O)C1CNc2nc(N)[nH]c(=O)c2N1. The van der Waals surface area contributed by atoms with Crippen LogP contribution >= 0.6 is 0 Å². The molecule has 1 unspecified atom stereocenters. The van der Waals surface area contributed by atoms with E-state index in [2.05, 4.69) is 20.6 Å². The Morgan fingerprint density at radius 1 is 1.53 bits per heavy atom. The molecule has 0 aromatic carbocycles. The number of aromatic nitrogens is 2. The fourth-order valence-electron chi connectivity index (χ4n) is 1.74. The van der Waals surface area contributed by atoms with E-state index in [0.717, 1.165) is 0 Å². The number of anilines is 3. The van der Waals surface area contributed by atoms with Gasteiger partial charge in [-0.15, -0.1) is 0 Å². The molecule has 0 saturated carbocycles. The Balaban J connectivity index is 2.27. The minimum atomic E-state index is -0.979. The van der Waals surface area contributed by atoms with E-state index in [1.807, 2.05) is 0 Å². The minimum absolute atomic E-state index is 0.0255. The molecule has 0 radical (unpaired) electrons. The molecule has 0 spiro atoms. The van der Waals surface area contributed by atoms with E-state index in [1.165, 1.54) is 6.92 Å². The number of fused-ring (bicyclic) bond motifs is 1. The van der Waals surface area contributed by atoms with Gasteiger partial charge in [-0.2, -0.15) is 4.98 Å². The summed E-state index contributed by atoms with van der Waals surface area (Å²) in [4.78, 5) is 17.9. The summed E-state index contributed by atoms with van der Waals surface area (Å²) in [6.07, 6.45) is -1.87. The maximum absolute atomic E-state index is 11.6. The number of aromatic amines is 1. The molecule has 0 aliphatic carbocycles. The van der Waals surface area contributed by atoms with Crippen LogP contribution in [0.2, 0.25) is 0 Å². The Bertz CT molecular complexity index is 472. The van der Waals surface area contributed by atoms with Crippen molar-refractivity contribution in [2.24, 2.45) is 0 Å². The second-order valence-corrected chi connectivity index (χ2v) is 4.04. The van der Waals surface area contributed by atoms with Crippen LogP contribution < -0.4 is 21.9 Å². The first-order valence-corrected chi connectivity index (χ1v) is 5.25. The molecule has 1 aliphatic rings. The van der Waals surface area contributed by atoms with Crippen LogP contribution in [0.1, 0.15) is 6.92 Å². The van der Waals surface area contributed by atoms with Crippen molar-refractivity contribution in [3.8, 4) is 0 Å². The fourth-order valence-corrected chi connectivity index (χ4v) is 1.74.